The third-order valence-electron chi connectivity index (χ3n) is 2.82. The van der Waals surface area contributed by atoms with Crippen LogP contribution in [0.2, 0.25) is 10.0 Å². The summed E-state index contributed by atoms with van der Waals surface area (Å²) in [6, 6.07) is 9.83. The standard InChI is InChI=1S/C14H14BrCl2N3/c1-18-13-11(16)7-12(17)14(19-13)20(2)8-9-4-3-5-10(15)6-9/h3-7H,8H2,1-2H3,(H,18,19). The van der Waals surface area contributed by atoms with Crippen molar-refractivity contribution in [1.29, 1.82) is 0 Å². The van der Waals surface area contributed by atoms with Gasteiger partial charge in [-0.15, -0.1) is 0 Å². The number of aromatic nitrogens is 1. The average Bonchev–Trinajstić information content (AvgIpc) is 2.38. The fourth-order valence-corrected chi connectivity index (χ4v) is 2.93. The molecule has 0 radical (unpaired) electrons. The highest BCUT2D eigenvalue weighted by molar-refractivity contribution is 9.10. The number of halogens is 3. The SMILES string of the molecule is CNc1nc(N(C)Cc2cccc(Br)c2)c(Cl)cc1Cl. The summed E-state index contributed by atoms with van der Waals surface area (Å²) in [6.07, 6.45) is 0. The van der Waals surface area contributed by atoms with E-state index in [2.05, 4.69) is 38.4 Å². The van der Waals surface area contributed by atoms with E-state index in [-0.39, 0.29) is 0 Å². The molecule has 6 heteroatoms. The molecule has 2 rings (SSSR count). The third kappa shape index (κ3) is 3.57. The molecule has 0 aliphatic heterocycles. The van der Waals surface area contributed by atoms with E-state index < -0.39 is 0 Å². The van der Waals surface area contributed by atoms with E-state index in [9.17, 15) is 0 Å². The molecule has 0 saturated heterocycles. The number of hydrogen-bond acceptors (Lipinski definition) is 3. The molecule has 0 amide bonds. The highest BCUT2D eigenvalue weighted by Crippen LogP contribution is 2.31. The van der Waals surface area contributed by atoms with Crippen molar-refractivity contribution in [3.63, 3.8) is 0 Å². The van der Waals surface area contributed by atoms with Crippen LogP contribution in [0.1, 0.15) is 5.56 Å². The fourth-order valence-electron chi connectivity index (χ4n) is 1.88. The van der Waals surface area contributed by atoms with Gasteiger partial charge in [-0.3, -0.25) is 0 Å². The first kappa shape index (κ1) is 15.4. The maximum Gasteiger partial charge on any atom is 0.149 e. The van der Waals surface area contributed by atoms with E-state index in [1.54, 1.807) is 13.1 Å². The summed E-state index contributed by atoms with van der Waals surface area (Å²) >= 11 is 15.7. The van der Waals surface area contributed by atoms with Crippen molar-refractivity contribution < 1.29 is 0 Å². The Morgan fingerprint density at radius 2 is 2.00 bits per heavy atom. The van der Waals surface area contributed by atoms with Gasteiger partial charge in [0.25, 0.3) is 0 Å². The van der Waals surface area contributed by atoms with Crippen molar-refractivity contribution in [2.75, 3.05) is 24.3 Å². The van der Waals surface area contributed by atoms with Crippen LogP contribution >= 0.6 is 39.1 Å². The van der Waals surface area contributed by atoms with E-state index in [0.29, 0.717) is 28.2 Å². The normalized spacial score (nSPS) is 10.4. The van der Waals surface area contributed by atoms with Crippen LogP contribution < -0.4 is 10.2 Å². The van der Waals surface area contributed by atoms with Crippen LogP contribution in [0.25, 0.3) is 0 Å². The van der Waals surface area contributed by atoms with Crippen LogP contribution in [-0.2, 0) is 6.54 Å². The molecule has 0 fully saturated rings. The van der Waals surface area contributed by atoms with E-state index in [1.165, 1.54) is 5.56 Å². The van der Waals surface area contributed by atoms with E-state index in [4.69, 9.17) is 23.2 Å². The quantitative estimate of drug-likeness (QED) is 0.830. The number of hydrogen-bond donors (Lipinski definition) is 1. The second kappa shape index (κ2) is 6.66. The number of rotatable bonds is 4. The molecule has 1 aromatic heterocycles. The van der Waals surface area contributed by atoms with Gasteiger partial charge in [-0.2, -0.15) is 0 Å². The zero-order valence-electron chi connectivity index (χ0n) is 11.1. The summed E-state index contributed by atoms with van der Waals surface area (Å²) in [5.41, 5.74) is 1.17. The van der Waals surface area contributed by atoms with Crippen molar-refractivity contribution >= 4 is 50.8 Å². The smallest absolute Gasteiger partial charge is 0.149 e. The number of benzene rings is 1. The molecule has 106 valence electrons. The maximum absolute atomic E-state index is 6.23. The lowest BCUT2D eigenvalue weighted by Gasteiger charge is -2.20. The Balaban J connectivity index is 2.27. The number of nitrogens with zero attached hydrogens (tertiary/aromatic N) is 2. The van der Waals surface area contributed by atoms with Crippen LogP contribution in [-0.4, -0.2) is 19.1 Å². The molecule has 0 spiro atoms. The van der Waals surface area contributed by atoms with Gasteiger partial charge in [-0.05, 0) is 23.8 Å². The topological polar surface area (TPSA) is 28.2 Å². The average molecular weight is 375 g/mol. The van der Waals surface area contributed by atoms with Gasteiger partial charge in [-0.1, -0.05) is 51.3 Å². The summed E-state index contributed by atoms with van der Waals surface area (Å²) in [4.78, 5) is 6.44. The predicted molar refractivity (Wildman–Crippen MR) is 90.1 cm³/mol. The van der Waals surface area contributed by atoms with Crippen molar-refractivity contribution in [3.05, 3.63) is 50.4 Å². The van der Waals surface area contributed by atoms with E-state index >= 15 is 0 Å². The van der Waals surface area contributed by atoms with Gasteiger partial charge in [0.15, 0.2) is 0 Å². The summed E-state index contributed by atoms with van der Waals surface area (Å²) in [5, 5.41) is 4.00. The molecule has 1 aromatic carbocycles. The molecule has 0 bridgehead atoms. The van der Waals surface area contributed by atoms with Gasteiger partial charge in [0.05, 0.1) is 10.0 Å². The lowest BCUT2D eigenvalue weighted by Crippen LogP contribution is -2.18. The summed E-state index contributed by atoms with van der Waals surface area (Å²) in [5.74, 6) is 1.31. The summed E-state index contributed by atoms with van der Waals surface area (Å²) in [7, 11) is 3.72. The molecule has 0 unspecified atom stereocenters. The Morgan fingerprint density at radius 3 is 2.65 bits per heavy atom. The minimum absolute atomic E-state index is 0.511. The van der Waals surface area contributed by atoms with Crippen molar-refractivity contribution in [1.82, 2.24) is 4.98 Å². The fraction of sp³-hybridized carbons (Fsp3) is 0.214. The zero-order valence-corrected chi connectivity index (χ0v) is 14.2. The Morgan fingerprint density at radius 1 is 1.25 bits per heavy atom. The van der Waals surface area contributed by atoms with Crippen LogP contribution in [0.4, 0.5) is 11.6 Å². The maximum atomic E-state index is 6.23. The van der Waals surface area contributed by atoms with Gasteiger partial charge in [0.1, 0.15) is 11.6 Å². The monoisotopic (exact) mass is 373 g/mol. The van der Waals surface area contributed by atoms with E-state index in [0.717, 1.165) is 4.47 Å². The summed E-state index contributed by atoms with van der Waals surface area (Å²) < 4.78 is 1.05. The minimum Gasteiger partial charge on any atom is -0.372 e. The largest absolute Gasteiger partial charge is 0.372 e. The van der Waals surface area contributed by atoms with Crippen LogP contribution in [0.3, 0.4) is 0 Å². The number of pyridine rings is 1. The zero-order chi connectivity index (χ0) is 14.7. The Hall–Kier alpha value is -0.970. The lowest BCUT2D eigenvalue weighted by molar-refractivity contribution is 0.898. The minimum atomic E-state index is 0.511. The van der Waals surface area contributed by atoms with Crippen molar-refractivity contribution in [2.24, 2.45) is 0 Å². The molecular formula is C14H14BrCl2N3. The van der Waals surface area contributed by atoms with Gasteiger partial charge >= 0.3 is 0 Å². The molecule has 1 N–H and O–H groups in total. The second-order valence-electron chi connectivity index (χ2n) is 4.36. The second-order valence-corrected chi connectivity index (χ2v) is 6.09. The van der Waals surface area contributed by atoms with Gasteiger partial charge < -0.3 is 10.2 Å². The molecule has 0 aliphatic rings. The molecule has 20 heavy (non-hydrogen) atoms. The third-order valence-corrected chi connectivity index (χ3v) is 3.88. The lowest BCUT2D eigenvalue weighted by atomic mass is 10.2. The molecular weight excluding hydrogens is 361 g/mol. The highest BCUT2D eigenvalue weighted by Gasteiger charge is 2.12. The first-order valence-electron chi connectivity index (χ1n) is 6.00. The summed E-state index contributed by atoms with van der Waals surface area (Å²) in [6.45, 7) is 0.705. The Labute approximate surface area is 137 Å². The molecule has 2 aromatic rings. The van der Waals surface area contributed by atoms with Crippen molar-refractivity contribution in [2.45, 2.75) is 6.54 Å². The number of nitrogens with one attached hydrogen (secondary N) is 1. The van der Waals surface area contributed by atoms with E-state index in [1.807, 2.05) is 24.1 Å². The van der Waals surface area contributed by atoms with Crippen molar-refractivity contribution in [3.8, 4) is 0 Å². The number of anilines is 2. The van der Waals surface area contributed by atoms with Crippen LogP contribution in [0.5, 0.6) is 0 Å². The molecule has 0 aliphatic carbocycles. The Bertz CT molecular complexity index is 619. The highest BCUT2D eigenvalue weighted by atomic mass is 79.9. The molecule has 3 nitrogen and oxygen atoms in total. The first-order valence-corrected chi connectivity index (χ1v) is 7.55. The first-order chi connectivity index (χ1) is 9.51. The van der Waals surface area contributed by atoms with Crippen LogP contribution in [0, 0.1) is 0 Å². The van der Waals surface area contributed by atoms with Crippen LogP contribution in [0.15, 0.2) is 34.8 Å². The predicted octanol–water partition coefficient (Wildman–Crippen LogP) is 4.83. The molecule has 0 saturated carbocycles. The molecule has 1 heterocycles. The van der Waals surface area contributed by atoms with Gasteiger partial charge in [0.2, 0.25) is 0 Å². The van der Waals surface area contributed by atoms with Gasteiger partial charge in [0, 0.05) is 25.1 Å². The van der Waals surface area contributed by atoms with Gasteiger partial charge in [-0.25, -0.2) is 4.98 Å². The Kier molecular flexibility index (Phi) is 5.13. The molecule has 0 atom stereocenters.